The van der Waals surface area contributed by atoms with Gasteiger partial charge in [0, 0.05) is 38.0 Å². The number of ketones is 1. The summed E-state index contributed by atoms with van der Waals surface area (Å²) in [6.45, 7) is 14.9. The molecule has 2 heterocycles. The molecule has 2 fully saturated rings. The molecule has 2 aliphatic heterocycles. The van der Waals surface area contributed by atoms with Crippen LogP contribution in [0.3, 0.4) is 0 Å². The van der Waals surface area contributed by atoms with E-state index in [2.05, 4.69) is 41.2 Å². The first-order valence-corrected chi connectivity index (χ1v) is 17.8. The molecule has 0 spiro atoms. The second-order valence-corrected chi connectivity index (χ2v) is 14.5. The molecular formula is C38H61N5O4. The van der Waals surface area contributed by atoms with Crippen molar-refractivity contribution in [3.8, 4) is 0 Å². The molecule has 1 N–H and O–H groups in total. The van der Waals surface area contributed by atoms with E-state index in [9.17, 15) is 19.2 Å². The third-order valence-electron chi connectivity index (χ3n) is 10.2. The molecule has 47 heavy (non-hydrogen) atoms. The van der Waals surface area contributed by atoms with Crippen LogP contribution in [-0.2, 0) is 19.2 Å². The summed E-state index contributed by atoms with van der Waals surface area (Å²) in [5.41, 5.74) is 1.67. The smallest absolute Gasteiger partial charge is 0.249 e. The van der Waals surface area contributed by atoms with Crippen LogP contribution in [0.4, 0.5) is 0 Å². The molecule has 3 rings (SSSR count). The number of piperidine rings is 1. The first kappa shape index (κ1) is 38.4. The van der Waals surface area contributed by atoms with E-state index in [1.54, 1.807) is 23.8 Å². The number of carbonyl (C=O) groups is 4. The zero-order valence-electron chi connectivity index (χ0n) is 30.5. The van der Waals surface area contributed by atoms with Gasteiger partial charge >= 0.3 is 0 Å². The van der Waals surface area contributed by atoms with Crippen molar-refractivity contribution < 1.29 is 19.2 Å². The lowest BCUT2D eigenvalue weighted by atomic mass is 9.90. The Labute approximate surface area is 284 Å². The largest absolute Gasteiger partial charge is 0.343 e. The Morgan fingerprint density at radius 1 is 0.936 bits per heavy atom. The molecule has 0 aromatic heterocycles. The number of carbonyl (C=O) groups excluding carboxylic acids is 4. The Morgan fingerprint density at radius 2 is 1.60 bits per heavy atom. The quantitative estimate of drug-likeness (QED) is 0.276. The maximum absolute atomic E-state index is 13.9. The molecule has 2 saturated heterocycles. The number of Topliss-reactive ketones (excluding diaryl/α,β-unsaturated/α-hetero) is 1. The third kappa shape index (κ3) is 10.2. The number of likely N-dealkylation sites (N-methyl/N-ethyl adjacent to an activating group) is 3. The molecule has 0 bridgehead atoms. The summed E-state index contributed by atoms with van der Waals surface area (Å²) >= 11 is 0. The van der Waals surface area contributed by atoms with Crippen LogP contribution < -0.4 is 5.32 Å². The van der Waals surface area contributed by atoms with Gasteiger partial charge in [0.25, 0.3) is 0 Å². The van der Waals surface area contributed by atoms with Gasteiger partial charge in [-0.1, -0.05) is 77.4 Å². The first-order chi connectivity index (χ1) is 22.3. The highest BCUT2D eigenvalue weighted by molar-refractivity contribution is 5.98. The Bertz CT molecular complexity index is 1230. The van der Waals surface area contributed by atoms with Crippen LogP contribution in [-0.4, -0.2) is 115 Å². The number of amides is 3. The highest BCUT2D eigenvalue weighted by Gasteiger charge is 2.37. The summed E-state index contributed by atoms with van der Waals surface area (Å²) in [6.07, 6.45) is 6.59. The van der Waals surface area contributed by atoms with Crippen LogP contribution in [0.1, 0.15) is 91.5 Å². The van der Waals surface area contributed by atoms with Crippen LogP contribution in [0.25, 0.3) is 0 Å². The van der Waals surface area contributed by atoms with E-state index in [-0.39, 0.29) is 53.3 Å². The van der Waals surface area contributed by atoms with E-state index in [4.69, 9.17) is 0 Å². The van der Waals surface area contributed by atoms with Crippen molar-refractivity contribution in [2.75, 3.05) is 47.3 Å². The van der Waals surface area contributed by atoms with Gasteiger partial charge in [-0.25, -0.2) is 0 Å². The average molecular weight is 652 g/mol. The predicted octanol–water partition coefficient (Wildman–Crippen LogP) is 4.73. The highest BCUT2D eigenvalue weighted by atomic mass is 16.2. The zero-order valence-corrected chi connectivity index (χ0v) is 30.5. The van der Waals surface area contributed by atoms with Gasteiger partial charge < -0.3 is 20.0 Å². The second-order valence-electron chi connectivity index (χ2n) is 14.5. The molecule has 0 aliphatic carbocycles. The molecule has 1 aromatic rings. The fraction of sp³-hybridized carbons (Fsp3) is 0.684. The minimum Gasteiger partial charge on any atom is -0.343 e. The first-order valence-electron chi connectivity index (χ1n) is 17.8. The molecule has 3 amide bonds. The summed E-state index contributed by atoms with van der Waals surface area (Å²) in [4.78, 5) is 62.6. The summed E-state index contributed by atoms with van der Waals surface area (Å²) in [5.74, 6) is -0.331. The Morgan fingerprint density at radius 3 is 2.19 bits per heavy atom. The van der Waals surface area contributed by atoms with E-state index >= 15 is 0 Å². The lowest BCUT2D eigenvalue weighted by Crippen LogP contribution is -2.57. The van der Waals surface area contributed by atoms with Crippen molar-refractivity contribution in [2.24, 2.45) is 11.8 Å². The highest BCUT2D eigenvalue weighted by Crippen LogP contribution is 2.28. The molecule has 262 valence electrons. The standard InChI is InChI=1S/C38H61N5O4/c1-10-40(7)25-30(29-17-12-11-13-18-29)24-34(44)31-20-16-22-43(31)37(46)28(6)23-33(26(2)3)42(9)38(47)35(27(4)5)39-36(45)32-19-14-15-21-41(32)8/h11-13,17-18,23,26-27,30-33,35H,10,14-16,19-22,24-25H2,1-9H3,(H,39,45)/b28-23+/t30?,31-,32+,33+,35-/m0/s1. The van der Waals surface area contributed by atoms with Gasteiger partial charge in [0.1, 0.15) is 6.04 Å². The molecule has 0 radical (unpaired) electrons. The summed E-state index contributed by atoms with van der Waals surface area (Å²) in [6, 6.07) is 8.48. The minimum absolute atomic E-state index is 0.0258. The maximum atomic E-state index is 13.9. The van der Waals surface area contributed by atoms with Crippen LogP contribution in [0, 0.1) is 11.8 Å². The summed E-state index contributed by atoms with van der Waals surface area (Å²) in [7, 11) is 5.79. The van der Waals surface area contributed by atoms with Gasteiger partial charge in [-0.15, -0.1) is 0 Å². The van der Waals surface area contributed by atoms with Gasteiger partial charge in [0.15, 0.2) is 5.78 Å². The van der Waals surface area contributed by atoms with Crippen LogP contribution in [0.2, 0.25) is 0 Å². The van der Waals surface area contributed by atoms with Crippen molar-refractivity contribution in [1.82, 2.24) is 24.9 Å². The summed E-state index contributed by atoms with van der Waals surface area (Å²) in [5, 5.41) is 3.06. The lowest BCUT2D eigenvalue weighted by molar-refractivity contribution is -0.139. The molecule has 0 saturated carbocycles. The zero-order chi connectivity index (χ0) is 34.8. The lowest BCUT2D eigenvalue weighted by Gasteiger charge is -2.36. The third-order valence-corrected chi connectivity index (χ3v) is 10.2. The van der Waals surface area contributed by atoms with E-state index in [0.29, 0.717) is 25.0 Å². The Balaban J connectivity index is 1.75. The van der Waals surface area contributed by atoms with Crippen molar-refractivity contribution in [3.05, 3.63) is 47.5 Å². The van der Waals surface area contributed by atoms with E-state index in [1.807, 2.05) is 59.0 Å². The van der Waals surface area contributed by atoms with Crippen LogP contribution >= 0.6 is 0 Å². The SMILES string of the molecule is CCN(C)CC(CC(=O)[C@@H]1CCCN1C(=O)/C(C)=C/[C@H](C(C)C)N(C)C(=O)[C@@H](NC(=O)[C@H]1CCCCN1C)C(C)C)c1ccccc1. The van der Waals surface area contributed by atoms with Gasteiger partial charge in [-0.2, -0.15) is 0 Å². The van der Waals surface area contributed by atoms with E-state index in [1.165, 1.54) is 0 Å². The molecule has 9 nitrogen and oxygen atoms in total. The predicted molar refractivity (Wildman–Crippen MR) is 189 cm³/mol. The molecule has 2 aliphatic rings. The normalized spacial score (nSPS) is 21.2. The fourth-order valence-corrected chi connectivity index (χ4v) is 7.08. The molecular weight excluding hydrogens is 590 g/mol. The number of hydrogen-bond acceptors (Lipinski definition) is 6. The number of nitrogens with one attached hydrogen (secondary N) is 1. The number of rotatable bonds is 15. The van der Waals surface area contributed by atoms with Crippen molar-refractivity contribution in [1.29, 1.82) is 0 Å². The van der Waals surface area contributed by atoms with Gasteiger partial charge in [0.2, 0.25) is 17.7 Å². The van der Waals surface area contributed by atoms with Gasteiger partial charge in [-0.05, 0) is 77.2 Å². The fourth-order valence-electron chi connectivity index (χ4n) is 7.08. The Hall–Kier alpha value is -3.04. The average Bonchev–Trinajstić information content (AvgIpc) is 3.55. The number of benzene rings is 1. The van der Waals surface area contributed by atoms with E-state index in [0.717, 1.165) is 50.9 Å². The monoisotopic (exact) mass is 651 g/mol. The molecule has 5 atom stereocenters. The van der Waals surface area contributed by atoms with Crippen LogP contribution in [0.5, 0.6) is 0 Å². The van der Waals surface area contributed by atoms with Gasteiger partial charge in [-0.3, -0.25) is 24.1 Å². The van der Waals surface area contributed by atoms with Crippen molar-refractivity contribution in [3.63, 3.8) is 0 Å². The molecule has 9 heteroatoms. The van der Waals surface area contributed by atoms with Crippen molar-refractivity contribution in [2.45, 2.75) is 110 Å². The minimum atomic E-state index is -0.668. The van der Waals surface area contributed by atoms with Crippen LogP contribution in [0.15, 0.2) is 42.0 Å². The second kappa shape index (κ2) is 17.9. The maximum Gasteiger partial charge on any atom is 0.249 e. The molecule has 1 aromatic carbocycles. The molecule has 1 unspecified atom stereocenters. The summed E-state index contributed by atoms with van der Waals surface area (Å²) < 4.78 is 0. The van der Waals surface area contributed by atoms with Crippen molar-refractivity contribution >= 4 is 23.5 Å². The van der Waals surface area contributed by atoms with E-state index < -0.39 is 12.1 Å². The van der Waals surface area contributed by atoms with Gasteiger partial charge in [0.05, 0.1) is 18.1 Å². The Kier molecular flexibility index (Phi) is 14.6. The topological polar surface area (TPSA) is 93.3 Å². The number of likely N-dealkylation sites (tertiary alicyclic amines) is 2. The number of hydrogen-bond donors (Lipinski definition) is 1. The number of nitrogens with zero attached hydrogens (tertiary/aromatic N) is 4.